The molecule has 4 saturated carbocycles. The predicted molar refractivity (Wildman–Crippen MR) is 91.3 cm³/mol. The molecule has 7 atom stereocenters. The van der Waals surface area contributed by atoms with Crippen molar-refractivity contribution in [3.63, 3.8) is 0 Å². The molecule has 4 fully saturated rings. The molecule has 0 N–H and O–H groups in total. The maximum absolute atomic E-state index is 13.3. The van der Waals surface area contributed by atoms with Crippen LogP contribution in [-0.4, -0.2) is 17.3 Å². The number of hydrogen-bond acceptors (Lipinski definition) is 3. The fourth-order valence-electron chi connectivity index (χ4n) is 7.53. The van der Waals surface area contributed by atoms with E-state index in [1.165, 1.54) is 0 Å². The van der Waals surface area contributed by atoms with Crippen LogP contribution >= 0.6 is 0 Å². The largest absolute Gasteiger partial charge is 0.300 e. The highest BCUT2D eigenvalue weighted by molar-refractivity contribution is 5.87. The van der Waals surface area contributed by atoms with Crippen LogP contribution in [0, 0.1) is 40.4 Å². The summed E-state index contributed by atoms with van der Waals surface area (Å²) in [5.41, 5.74) is -0.0959. The van der Waals surface area contributed by atoms with Gasteiger partial charge in [0.1, 0.15) is 17.3 Å². The van der Waals surface area contributed by atoms with Crippen molar-refractivity contribution in [2.24, 2.45) is 40.4 Å². The topological polar surface area (TPSA) is 51.2 Å². The van der Waals surface area contributed by atoms with Crippen LogP contribution in [0.5, 0.6) is 0 Å². The lowest BCUT2D eigenvalue weighted by molar-refractivity contribution is -0.161. The summed E-state index contributed by atoms with van der Waals surface area (Å²) in [6.07, 6.45) is 7.05. The van der Waals surface area contributed by atoms with Gasteiger partial charge in [0.05, 0.1) is 0 Å². The molecular weight excluding hydrogens is 300 g/mol. The van der Waals surface area contributed by atoms with Gasteiger partial charge in [-0.1, -0.05) is 13.8 Å². The van der Waals surface area contributed by atoms with E-state index in [-0.39, 0.29) is 28.4 Å². The lowest BCUT2D eigenvalue weighted by Crippen LogP contribution is -2.57. The Balaban J connectivity index is 1.69. The molecule has 4 aliphatic carbocycles. The van der Waals surface area contributed by atoms with Crippen molar-refractivity contribution >= 4 is 17.3 Å². The van der Waals surface area contributed by atoms with E-state index in [1.807, 2.05) is 0 Å². The van der Waals surface area contributed by atoms with E-state index in [1.54, 1.807) is 6.92 Å². The van der Waals surface area contributed by atoms with Gasteiger partial charge in [-0.05, 0) is 67.6 Å². The van der Waals surface area contributed by atoms with Gasteiger partial charge in [0.15, 0.2) is 0 Å². The van der Waals surface area contributed by atoms with Crippen molar-refractivity contribution in [2.45, 2.75) is 72.1 Å². The van der Waals surface area contributed by atoms with Crippen LogP contribution in [0.2, 0.25) is 0 Å². The van der Waals surface area contributed by atoms with Crippen LogP contribution in [-0.2, 0) is 14.4 Å². The van der Waals surface area contributed by atoms with Gasteiger partial charge in [-0.15, -0.1) is 0 Å². The Labute approximate surface area is 144 Å². The normalized spacial score (nSPS) is 50.9. The third-order valence-corrected chi connectivity index (χ3v) is 8.66. The molecule has 0 aromatic rings. The Bertz CT molecular complexity index is 608. The van der Waals surface area contributed by atoms with Crippen molar-refractivity contribution < 1.29 is 14.4 Å². The van der Waals surface area contributed by atoms with Gasteiger partial charge in [0.25, 0.3) is 0 Å². The van der Waals surface area contributed by atoms with Crippen molar-refractivity contribution in [1.29, 1.82) is 0 Å². The molecule has 0 saturated heterocycles. The third kappa shape index (κ3) is 2.05. The molecule has 4 aliphatic rings. The zero-order chi connectivity index (χ0) is 17.3. The summed E-state index contributed by atoms with van der Waals surface area (Å²) in [7, 11) is 0. The number of hydrogen-bond donors (Lipinski definition) is 0. The fourth-order valence-corrected chi connectivity index (χ4v) is 7.53. The second-order valence-electron chi connectivity index (χ2n) is 9.66. The van der Waals surface area contributed by atoms with E-state index in [9.17, 15) is 14.4 Å². The molecule has 0 spiro atoms. The van der Waals surface area contributed by atoms with Crippen LogP contribution in [0.15, 0.2) is 0 Å². The standard InChI is InChI=1S/C21H30O3/c1-12(22)16-6-7-17-15-5-4-13-10-14(23)8-9-20(13,2)19(15)18(24)11-21(16,17)3/h13,15-17,19H,4-11H2,1-3H3/t13-,15+,16+,17-,19-,20-,21+/m0/s1. The number of Topliss-reactive ketones (excluding diaryl/α,β-unsaturated/α-hetero) is 3. The SMILES string of the molecule is CC(=O)[C@H]1CC[C@H]2[C@H]3CC[C@H]4CC(=O)CC[C@]4(C)[C@@H]3C(=O)C[C@]12C. The van der Waals surface area contributed by atoms with Crippen molar-refractivity contribution in [2.75, 3.05) is 0 Å². The zero-order valence-electron chi connectivity index (χ0n) is 15.3. The molecule has 0 bridgehead atoms. The summed E-state index contributed by atoms with van der Waals surface area (Å²) in [5, 5.41) is 0. The van der Waals surface area contributed by atoms with Crippen LogP contribution in [0.25, 0.3) is 0 Å². The zero-order valence-corrected chi connectivity index (χ0v) is 15.3. The maximum Gasteiger partial charge on any atom is 0.137 e. The second kappa shape index (κ2) is 5.25. The molecule has 0 heterocycles. The minimum Gasteiger partial charge on any atom is -0.300 e. The molecular formula is C21H30O3. The summed E-state index contributed by atoms with van der Waals surface area (Å²) in [5.74, 6) is 2.63. The Morgan fingerprint density at radius 3 is 2.50 bits per heavy atom. The Hall–Kier alpha value is -0.990. The van der Waals surface area contributed by atoms with Crippen molar-refractivity contribution in [3.05, 3.63) is 0 Å². The molecule has 132 valence electrons. The summed E-state index contributed by atoms with van der Waals surface area (Å²) >= 11 is 0. The molecule has 0 aliphatic heterocycles. The minimum absolute atomic E-state index is 0.0174. The summed E-state index contributed by atoms with van der Waals surface area (Å²) in [4.78, 5) is 37.4. The number of rotatable bonds is 1. The first-order valence-corrected chi connectivity index (χ1v) is 9.82. The predicted octanol–water partition coefficient (Wildman–Crippen LogP) is 3.98. The van der Waals surface area contributed by atoms with Crippen molar-refractivity contribution in [3.8, 4) is 0 Å². The molecule has 0 radical (unpaired) electrons. The number of carbonyl (C=O) groups is 3. The summed E-state index contributed by atoms with van der Waals surface area (Å²) in [6.45, 7) is 6.21. The van der Waals surface area contributed by atoms with Gasteiger partial charge in [0.2, 0.25) is 0 Å². The van der Waals surface area contributed by atoms with Crippen LogP contribution in [0.1, 0.15) is 72.1 Å². The quantitative estimate of drug-likeness (QED) is 0.730. The van der Waals surface area contributed by atoms with Gasteiger partial charge in [0, 0.05) is 31.1 Å². The van der Waals surface area contributed by atoms with Gasteiger partial charge in [-0.2, -0.15) is 0 Å². The molecule has 3 nitrogen and oxygen atoms in total. The maximum atomic E-state index is 13.3. The van der Waals surface area contributed by atoms with E-state index in [0.29, 0.717) is 48.6 Å². The molecule has 0 aromatic carbocycles. The minimum atomic E-state index is -0.113. The van der Waals surface area contributed by atoms with Crippen LogP contribution < -0.4 is 0 Å². The lowest BCUT2D eigenvalue weighted by Gasteiger charge is -2.59. The molecule has 0 aromatic heterocycles. The Morgan fingerprint density at radius 2 is 1.79 bits per heavy atom. The highest BCUT2D eigenvalue weighted by Crippen LogP contribution is 2.66. The highest BCUT2D eigenvalue weighted by atomic mass is 16.1. The third-order valence-electron chi connectivity index (χ3n) is 8.66. The van der Waals surface area contributed by atoms with E-state index in [2.05, 4.69) is 13.8 Å². The second-order valence-corrected chi connectivity index (χ2v) is 9.66. The smallest absolute Gasteiger partial charge is 0.137 e. The van der Waals surface area contributed by atoms with Crippen molar-refractivity contribution in [1.82, 2.24) is 0 Å². The monoisotopic (exact) mass is 330 g/mol. The van der Waals surface area contributed by atoms with Gasteiger partial charge < -0.3 is 0 Å². The fraction of sp³-hybridized carbons (Fsp3) is 0.857. The average molecular weight is 330 g/mol. The summed E-state index contributed by atoms with van der Waals surface area (Å²) < 4.78 is 0. The number of ketones is 3. The first kappa shape index (κ1) is 16.5. The molecule has 4 rings (SSSR count). The van der Waals surface area contributed by atoms with Crippen LogP contribution in [0.4, 0.5) is 0 Å². The van der Waals surface area contributed by atoms with E-state index in [4.69, 9.17) is 0 Å². The lowest BCUT2D eigenvalue weighted by atomic mass is 9.44. The average Bonchev–Trinajstić information content (AvgIpc) is 2.84. The number of fused-ring (bicyclic) bond motifs is 5. The highest BCUT2D eigenvalue weighted by Gasteiger charge is 2.63. The first-order chi connectivity index (χ1) is 11.3. The first-order valence-electron chi connectivity index (χ1n) is 9.82. The van der Waals surface area contributed by atoms with E-state index < -0.39 is 0 Å². The summed E-state index contributed by atoms with van der Waals surface area (Å²) in [6, 6.07) is 0. The number of carbonyl (C=O) groups excluding carboxylic acids is 3. The van der Waals surface area contributed by atoms with Gasteiger partial charge >= 0.3 is 0 Å². The van der Waals surface area contributed by atoms with Gasteiger partial charge in [-0.3, -0.25) is 14.4 Å². The Morgan fingerprint density at radius 1 is 1.04 bits per heavy atom. The molecule has 3 heteroatoms. The Kier molecular flexibility index (Phi) is 3.61. The van der Waals surface area contributed by atoms with E-state index in [0.717, 1.165) is 32.1 Å². The molecule has 0 unspecified atom stereocenters. The van der Waals surface area contributed by atoms with Crippen LogP contribution in [0.3, 0.4) is 0 Å². The van der Waals surface area contributed by atoms with Gasteiger partial charge in [-0.25, -0.2) is 0 Å². The molecule has 24 heavy (non-hydrogen) atoms. The van der Waals surface area contributed by atoms with E-state index >= 15 is 0 Å². The molecule has 0 amide bonds.